The number of hydrogen-bond acceptors (Lipinski definition) is 8. The zero-order valence-corrected chi connectivity index (χ0v) is 14.6. The first-order valence-electron chi connectivity index (χ1n) is 7.52. The van der Waals surface area contributed by atoms with E-state index in [0.29, 0.717) is 22.4 Å². The van der Waals surface area contributed by atoms with E-state index in [1.165, 1.54) is 18.7 Å². The maximum absolute atomic E-state index is 12.0. The summed E-state index contributed by atoms with van der Waals surface area (Å²) in [6, 6.07) is 4.99. The highest BCUT2D eigenvalue weighted by molar-refractivity contribution is 8.14. The van der Waals surface area contributed by atoms with Crippen LogP contribution in [0.2, 0.25) is 0 Å². The molecule has 0 N–H and O–H groups in total. The molecule has 1 fully saturated rings. The van der Waals surface area contributed by atoms with Crippen LogP contribution in [-0.4, -0.2) is 55.5 Å². The Morgan fingerprint density at radius 2 is 2.12 bits per heavy atom. The van der Waals surface area contributed by atoms with Crippen LogP contribution in [0.1, 0.15) is 6.92 Å². The summed E-state index contributed by atoms with van der Waals surface area (Å²) in [6.45, 7) is 1.71. The predicted molar refractivity (Wildman–Crippen MR) is 91.8 cm³/mol. The molecule has 3 aliphatic heterocycles. The van der Waals surface area contributed by atoms with Crippen molar-refractivity contribution in [1.82, 2.24) is 0 Å². The van der Waals surface area contributed by atoms with E-state index in [0.717, 1.165) is 5.69 Å². The largest absolute Gasteiger partial charge is 0.454 e. The Labute approximate surface area is 143 Å². The lowest BCUT2D eigenvalue weighted by atomic mass is 10.1. The molecule has 128 valence electrons. The van der Waals surface area contributed by atoms with Crippen molar-refractivity contribution >= 4 is 38.2 Å². The van der Waals surface area contributed by atoms with Gasteiger partial charge in [-0.3, -0.25) is 9.79 Å². The minimum absolute atomic E-state index is 0.0537. The molecular weight excluding hydrogens is 352 g/mol. The summed E-state index contributed by atoms with van der Waals surface area (Å²) >= 11 is 1.34. The van der Waals surface area contributed by atoms with Gasteiger partial charge in [0.25, 0.3) is 0 Å². The smallest absolute Gasteiger partial charge is 0.231 e. The lowest BCUT2D eigenvalue weighted by Gasteiger charge is -2.26. The average Bonchev–Trinajstić information content (AvgIpc) is 3.15. The van der Waals surface area contributed by atoms with Gasteiger partial charge in [-0.1, -0.05) is 11.8 Å². The van der Waals surface area contributed by atoms with Gasteiger partial charge in [0.05, 0.1) is 29.3 Å². The first-order chi connectivity index (χ1) is 11.4. The highest BCUT2D eigenvalue weighted by Gasteiger charge is 2.47. The number of Topliss-reactive ketones (excluding diaryl/α,β-unsaturated/α-hetero) is 1. The van der Waals surface area contributed by atoms with E-state index in [9.17, 15) is 13.2 Å². The fourth-order valence-corrected chi connectivity index (χ4v) is 5.90. The van der Waals surface area contributed by atoms with Gasteiger partial charge in [-0.05, 0) is 19.1 Å². The quantitative estimate of drug-likeness (QED) is 0.789. The third-order valence-electron chi connectivity index (χ3n) is 4.15. The van der Waals surface area contributed by atoms with Crippen molar-refractivity contribution in [3.05, 3.63) is 18.2 Å². The molecule has 3 heterocycles. The standard InChI is InChI=1S/C15H16N2O5S2/c1-9(18)5-23-15-16-11-6-24(19,20)7-12(11)17(15)10-2-3-13-14(4-10)22-8-21-13/h2-4,11-12H,5-8H2,1H3/t11-,12-/m0/s1. The minimum atomic E-state index is -3.09. The molecule has 1 aromatic rings. The van der Waals surface area contributed by atoms with Crippen LogP contribution in [0.25, 0.3) is 0 Å². The van der Waals surface area contributed by atoms with Crippen LogP contribution in [0.4, 0.5) is 5.69 Å². The highest BCUT2D eigenvalue weighted by atomic mass is 32.2. The molecule has 2 atom stereocenters. The van der Waals surface area contributed by atoms with Crippen LogP contribution < -0.4 is 14.4 Å². The molecule has 1 aromatic carbocycles. The molecule has 0 saturated carbocycles. The summed E-state index contributed by atoms with van der Waals surface area (Å²) in [5.41, 5.74) is 0.804. The summed E-state index contributed by atoms with van der Waals surface area (Å²) in [5, 5.41) is 0.689. The number of rotatable bonds is 3. The second kappa shape index (κ2) is 5.66. The highest BCUT2D eigenvalue weighted by Crippen LogP contribution is 2.40. The molecule has 7 nitrogen and oxygen atoms in total. The molecule has 0 bridgehead atoms. The van der Waals surface area contributed by atoms with E-state index in [4.69, 9.17) is 9.47 Å². The zero-order chi connectivity index (χ0) is 16.9. The molecule has 0 spiro atoms. The maximum Gasteiger partial charge on any atom is 0.231 e. The lowest BCUT2D eigenvalue weighted by Crippen LogP contribution is -2.39. The summed E-state index contributed by atoms with van der Waals surface area (Å²) in [5.74, 6) is 1.79. The normalized spacial score (nSPS) is 26.4. The van der Waals surface area contributed by atoms with E-state index in [1.807, 2.05) is 23.1 Å². The summed E-state index contributed by atoms with van der Waals surface area (Å²) in [6.07, 6.45) is 0. The van der Waals surface area contributed by atoms with Crippen LogP contribution in [0.15, 0.2) is 23.2 Å². The van der Waals surface area contributed by atoms with Crippen molar-refractivity contribution in [1.29, 1.82) is 0 Å². The zero-order valence-electron chi connectivity index (χ0n) is 13.0. The average molecular weight is 368 g/mol. The molecule has 0 radical (unpaired) electrons. The number of carbonyl (C=O) groups excluding carboxylic acids is 1. The molecule has 0 unspecified atom stereocenters. The van der Waals surface area contributed by atoms with Crippen LogP contribution in [0.5, 0.6) is 11.5 Å². The maximum atomic E-state index is 12.0. The van der Waals surface area contributed by atoms with Crippen molar-refractivity contribution in [2.45, 2.75) is 19.0 Å². The number of anilines is 1. The number of ether oxygens (including phenoxy) is 2. The first-order valence-corrected chi connectivity index (χ1v) is 10.3. The Morgan fingerprint density at radius 1 is 1.33 bits per heavy atom. The Balaban J connectivity index is 1.69. The van der Waals surface area contributed by atoms with E-state index >= 15 is 0 Å². The molecule has 1 saturated heterocycles. The van der Waals surface area contributed by atoms with Crippen molar-refractivity contribution < 1.29 is 22.7 Å². The Kier molecular flexibility index (Phi) is 3.72. The minimum Gasteiger partial charge on any atom is -0.454 e. The van der Waals surface area contributed by atoms with E-state index in [2.05, 4.69) is 4.99 Å². The van der Waals surface area contributed by atoms with Gasteiger partial charge in [-0.25, -0.2) is 8.42 Å². The van der Waals surface area contributed by atoms with E-state index < -0.39 is 9.84 Å². The summed E-state index contributed by atoms with van der Waals surface area (Å²) in [7, 11) is -3.09. The molecule has 0 amide bonds. The van der Waals surface area contributed by atoms with Gasteiger partial charge < -0.3 is 14.4 Å². The molecule has 3 aliphatic rings. The van der Waals surface area contributed by atoms with Crippen LogP contribution in [0.3, 0.4) is 0 Å². The second-order valence-corrected chi connectivity index (χ2v) is 9.12. The molecule has 24 heavy (non-hydrogen) atoms. The third-order valence-corrected chi connectivity index (χ3v) is 6.96. The van der Waals surface area contributed by atoms with Crippen molar-refractivity contribution in [2.24, 2.45) is 4.99 Å². The van der Waals surface area contributed by atoms with Gasteiger partial charge in [-0.15, -0.1) is 0 Å². The van der Waals surface area contributed by atoms with E-state index in [-0.39, 0.29) is 36.2 Å². The number of fused-ring (bicyclic) bond motifs is 2. The molecule has 9 heteroatoms. The number of amidine groups is 1. The molecular formula is C15H16N2O5S2. The number of thioether (sulfide) groups is 1. The fourth-order valence-electron chi connectivity index (χ4n) is 3.14. The summed E-state index contributed by atoms with van der Waals surface area (Å²) in [4.78, 5) is 17.8. The number of hydrogen-bond donors (Lipinski definition) is 0. The Morgan fingerprint density at radius 3 is 2.92 bits per heavy atom. The predicted octanol–water partition coefficient (Wildman–Crippen LogP) is 1.08. The number of benzene rings is 1. The number of ketones is 1. The number of nitrogens with zero attached hydrogens (tertiary/aromatic N) is 2. The van der Waals surface area contributed by atoms with Crippen molar-refractivity contribution in [3.63, 3.8) is 0 Å². The topological polar surface area (TPSA) is 85.3 Å². The number of carbonyl (C=O) groups is 1. The number of aliphatic imine (C=N–C) groups is 1. The molecule has 4 rings (SSSR count). The molecule has 0 aromatic heterocycles. The monoisotopic (exact) mass is 368 g/mol. The molecule has 0 aliphatic carbocycles. The first kappa shape index (κ1) is 15.8. The van der Waals surface area contributed by atoms with Crippen LogP contribution >= 0.6 is 11.8 Å². The van der Waals surface area contributed by atoms with Gasteiger partial charge in [0.2, 0.25) is 6.79 Å². The third kappa shape index (κ3) is 2.75. The lowest BCUT2D eigenvalue weighted by molar-refractivity contribution is -0.114. The number of sulfone groups is 1. The van der Waals surface area contributed by atoms with Gasteiger partial charge >= 0.3 is 0 Å². The second-order valence-electron chi connectivity index (χ2n) is 6.02. The van der Waals surface area contributed by atoms with Gasteiger partial charge in [0, 0.05) is 11.8 Å². The van der Waals surface area contributed by atoms with Gasteiger partial charge in [-0.2, -0.15) is 0 Å². The van der Waals surface area contributed by atoms with Crippen molar-refractivity contribution in [3.8, 4) is 11.5 Å². The van der Waals surface area contributed by atoms with Crippen molar-refractivity contribution in [2.75, 3.05) is 29.0 Å². The SMILES string of the molecule is CC(=O)CSC1=N[C@H]2CS(=O)(=O)C[C@@H]2N1c1ccc2c(c1)OCO2. The van der Waals surface area contributed by atoms with Crippen LogP contribution in [-0.2, 0) is 14.6 Å². The van der Waals surface area contributed by atoms with E-state index in [1.54, 1.807) is 0 Å². The van der Waals surface area contributed by atoms with Gasteiger partial charge in [0.1, 0.15) is 5.78 Å². The Bertz CT molecular complexity index is 836. The fraction of sp³-hybridized carbons (Fsp3) is 0.467. The van der Waals surface area contributed by atoms with Crippen LogP contribution in [0, 0.1) is 0 Å². The Hall–Kier alpha value is -1.74. The summed E-state index contributed by atoms with van der Waals surface area (Å²) < 4.78 is 34.7. The van der Waals surface area contributed by atoms with Gasteiger partial charge in [0.15, 0.2) is 26.5 Å².